The van der Waals surface area contributed by atoms with Gasteiger partial charge in [-0.15, -0.1) is 0 Å². The Morgan fingerprint density at radius 3 is 2.58 bits per heavy atom. The normalized spacial score (nSPS) is 17.8. The number of carbonyl (C=O) groups is 1. The Morgan fingerprint density at radius 1 is 1.21 bits per heavy atom. The summed E-state index contributed by atoms with van der Waals surface area (Å²) in [7, 11) is -1.07. The summed E-state index contributed by atoms with van der Waals surface area (Å²) in [6.07, 6.45) is 2.32. The van der Waals surface area contributed by atoms with E-state index in [2.05, 4.69) is 0 Å². The molecule has 124 valence electrons. The zero-order valence-corrected chi connectivity index (χ0v) is 14.7. The number of halogens is 1. The third-order valence-corrected chi connectivity index (χ3v) is 5.65. The number of Topliss-reactive ketones (excluding diaryl/α,β-unsaturated/α-hetero) is 1. The number of fused-ring (bicyclic) bond motifs is 1. The molecule has 0 radical (unpaired) electrons. The summed E-state index contributed by atoms with van der Waals surface area (Å²) in [5.74, 6) is -0.380. The van der Waals surface area contributed by atoms with Crippen LogP contribution in [0.3, 0.4) is 0 Å². The van der Waals surface area contributed by atoms with Crippen LogP contribution in [0.15, 0.2) is 52.9 Å². The molecule has 0 amide bonds. The number of hydrogen-bond donors (Lipinski definition) is 0. The van der Waals surface area contributed by atoms with Crippen molar-refractivity contribution < 1.29 is 13.4 Å². The van der Waals surface area contributed by atoms with Crippen LogP contribution in [-0.2, 0) is 22.0 Å². The molecule has 0 heterocycles. The predicted molar refractivity (Wildman–Crippen MR) is 94.9 cm³/mol. The first-order valence-electron chi connectivity index (χ1n) is 7.83. The van der Waals surface area contributed by atoms with Crippen LogP contribution in [0.4, 0.5) is 4.39 Å². The minimum Gasteiger partial charge on any atom is -0.294 e. The van der Waals surface area contributed by atoms with E-state index in [0.717, 1.165) is 21.6 Å². The molecule has 0 saturated heterocycles. The van der Waals surface area contributed by atoms with Crippen molar-refractivity contribution in [3.05, 3.63) is 70.5 Å². The summed E-state index contributed by atoms with van der Waals surface area (Å²) in [5, 5.41) is 0. The number of hydrogen-bond acceptors (Lipinski definition) is 2. The van der Waals surface area contributed by atoms with Gasteiger partial charge in [-0.3, -0.25) is 9.00 Å². The third kappa shape index (κ3) is 2.86. The van der Waals surface area contributed by atoms with Crippen molar-refractivity contribution in [3.63, 3.8) is 0 Å². The van der Waals surface area contributed by atoms with E-state index in [0.29, 0.717) is 17.6 Å². The molecule has 0 aromatic heterocycles. The third-order valence-electron chi connectivity index (χ3n) is 4.64. The Morgan fingerprint density at radius 2 is 1.92 bits per heavy atom. The Kier molecular flexibility index (Phi) is 4.50. The molecule has 4 heteroatoms. The van der Waals surface area contributed by atoms with Crippen molar-refractivity contribution in [1.29, 1.82) is 0 Å². The number of allylic oxidation sites excluding steroid dienone is 2. The van der Waals surface area contributed by atoms with Crippen LogP contribution in [-0.4, -0.2) is 16.2 Å². The molecule has 0 bridgehead atoms. The lowest BCUT2D eigenvalue weighted by molar-refractivity contribution is -0.111. The second kappa shape index (κ2) is 6.44. The van der Waals surface area contributed by atoms with E-state index in [1.165, 1.54) is 19.1 Å². The molecule has 0 N–H and O–H groups in total. The van der Waals surface area contributed by atoms with Crippen LogP contribution in [0.5, 0.6) is 0 Å². The fourth-order valence-corrected chi connectivity index (χ4v) is 4.36. The number of benzene rings is 2. The maximum absolute atomic E-state index is 13.7. The van der Waals surface area contributed by atoms with E-state index in [4.69, 9.17) is 0 Å². The molecule has 2 atom stereocenters. The van der Waals surface area contributed by atoms with Crippen molar-refractivity contribution in [1.82, 2.24) is 0 Å². The van der Waals surface area contributed by atoms with Gasteiger partial charge in [0.25, 0.3) is 0 Å². The molecular formula is C20H19FO2S. The first-order chi connectivity index (χ1) is 11.4. The van der Waals surface area contributed by atoms with Gasteiger partial charge in [0.2, 0.25) is 0 Å². The maximum atomic E-state index is 13.7. The number of rotatable bonds is 4. The highest BCUT2D eigenvalue weighted by atomic mass is 32.2. The molecule has 0 saturated carbocycles. The molecule has 2 aromatic carbocycles. The summed E-state index contributed by atoms with van der Waals surface area (Å²) in [5.41, 5.74) is 4.24. The molecular weight excluding hydrogens is 323 g/mol. The zero-order chi connectivity index (χ0) is 17.4. The lowest BCUT2D eigenvalue weighted by Crippen LogP contribution is -2.05. The highest BCUT2D eigenvalue weighted by molar-refractivity contribution is 7.84. The van der Waals surface area contributed by atoms with E-state index in [9.17, 15) is 13.4 Å². The number of carbonyl (C=O) groups excluding carboxylic acids is 1. The fourth-order valence-electron chi connectivity index (χ4n) is 3.57. The van der Waals surface area contributed by atoms with Gasteiger partial charge in [-0.25, -0.2) is 4.39 Å². The summed E-state index contributed by atoms with van der Waals surface area (Å²) in [4.78, 5) is 12.9. The van der Waals surface area contributed by atoms with Gasteiger partial charge in [0.1, 0.15) is 5.82 Å². The van der Waals surface area contributed by atoms with Gasteiger partial charge in [0, 0.05) is 22.6 Å². The van der Waals surface area contributed by atoms with Gasteiger partial charge in [-0.05, 0) is 55.2 Å². The SMILES string of the molecule is CC(=O)C1=C(C)C(Cc2ccccc2S(C)=O)c2ccc(F)cc21. The number of ketones is 1. The van der Waals surface area contributed by atoms with E-state index < -0.39 is 10.8 Å². The average Bonchev–Trinajstić information content (AvgIpc) is 2.79. The largest absolute Gasteiger partial charge is 0.294 e. The van der Waals surface area contributed by atoms with Crippen molar-refractivity contribution in [2.45, 2.75) is 31.1 Å². The van der Waals surface area contributed by atoms with Crippen molar-refractivity contribution in [3.8, 4) is 0 Å². The second-order valence-electron chi connectivity index (χ2n) is 6.16. The van der Waals surface area contributed by atoms with E-state index >= 15 is 0 Å². The Labute approximate surface area is 143 Å². The Bertz CT molecular complexity index is 883. The maximum Gasteiger partial charge on any atom is 0.160 e. The monoisotopic (exact) mass is 342 g/mol. The van der Waals surface area contributed by atoms with Gasteiger partial charge in [0.15, 0.2) is 5.78 Å². The quantitative estimate of drug-likeness (QED) is 0.832. The van der Waals surface area contributed by atoms with Crippen molar-refractivity contribution >= 4 is 22.2 Å². The average molecular weight is 342 g/mol. The Balaban J connectivity index is 2.10. The van der Waals surface area contributed by atoms with Crippen LogP contribution in [0.2, 0.25) is 0 Å². The molecule has 0 fully saturated rings. The molecule has 2 nitrogen and oxygen atoms in total. The summed E-state index contributed by atoms with van der Waals surface area (Å²) < 4.78 is 25.7. The fraction of sp³-hybridized carbons (Fsp3) is 0.250. The van der Waals surface area contributed by atoms with Gasteiger partial charge in [-0.2, -0.15) is 0 Å². The topological polar surface area (TPSA) is 34.1 Å². The van der Waals surface area contributed by atoms with Gasteiger partial charge < -0.3 is 0 Å². The molecule has 2 aromatic rings. The highest BCUT2D eigenvalue weighted by Crippen LogP contribution is 2.44. The summed E-state index contributed by atoms with van der Waals surface area (Å²) in [6.45, 7) is 3.45. The van der Waals surface area contributed by atoms with E-state index in [1.54, 1.807) is 12.3 Å². The van der Waals surface area contributed by atoms with Gasteiger partial charge in [0.05, 0.1) is 10.8 Å². The standard InChI is InChI=1S/C20H19FO2S/c1-12-17(10-14-6-4-5-7-19(14)24(3)23)16-9-8-15(21)11-18(16)20(12)13(2)22/h4-9,11,17H,10H2,1-3H3. The predicted octanol–water partition coefficient (Wildman–Crippen LogP) is 4.27. The minimum absolute atomic E-state index is 0.00389. The van der Waals surface area contributed by atoms with Gasteiger partial charge in [-0.1, -0.05) is 29.8 Å². The van der Waals surface area contributed by atoms with Gasteiger partial charge >= 0.3 is 0 Å². The Hall–Kier alpha value is -2.07. The molecule has 1 aliphatic rings. The minimum atomic E-state index is -1.07. The van der Waals surface area contributed by atoms with Crippen LogP contribution in [0.1, 0.15) is 36.5 Å². The van der Waals surface area contributed by atoms with Crippen LogP contribution >= 0.6 is 0 Å². The van der Waals surface area contributed by atoms with Crippen LogP contribution in [0.25, 0.3) is 5.57 Å². The first kappa shape index (κ1) is 16.8. The molecule has 1 aliphatic carbocycles. The lowest BCUT2D eigenvalue weighted by atomic mass is 9.90. The molecule has 3 rings (SSSR count). The molecule has 2 unspecified atom stereocenters. The van der Waals surface area contributed by atoms with Crippen molar-refractivity contribution in [2.75, 3.05) is 6.26 Å². The summed E-state index contributed by atoms with van der Waals surface area (Å²) >= 11 is 0. The molecule has 0 spiro atoms. The highest BCUT2D eigenvalue weighted by Gasteiger charge is 2.31. The van der Waals surface area contributed by atoms with Crippen molar-refractivity contribution in [2.24, 2.45) is 0 Å². The van der Waals surface area contributed by atoms with E-state index in [-0.39, 0.29) is 17.5 Å². The zero-order valence-electron chi connectivity index (χ0n) is 13.9. The molecule has 0 aliphatic heterocycles. The van der Waals surface area contributed by atoms with Crippen LogP contribution < -0.4 is 0 Å². The first-order valence-corrected chi connectivity index (χ1v) is 9.38. The van der Waals surface area contributed by atoms with Crippen LogP contribution in [0, 0.1) is 5.82 Å². The molecule has 24 heavy (non-hydrogen) atoms. The van der Waals surface area contributed by atoms with E-state index in [1.807, 2.05) is 31.2 Å². The summed E-state index contributed by atoms with van der Waals surface area (Å²) in [6, 6.07) is 12.3. The lowest BCUT2D eigenvalue weighted by Gasteiger charge is -2.16. The second-order valence-corrected chi connectivity index (χ2v) is 7.51. The smallest absolute Gasteiger partial charge is 0.160 e.